The van der Waals surface area contributed by atoms with E-state index in [2.05, 4.69) is 45.9 Å². The average molecular weight is 881 g/mol. The standard InChI is InChI=1S/C54H34F6N6/c1-31-13-19-44-39(25-31)40-26-32(2)14-20-45(40)66(44)49-27-35(52-63-50(33-9-5-3-6-10-33)62-51(64-52)34-11-7-4-8-12-34)15-18-38(49)43-30-61-24-23-48(43)65-46-21-16-36(53(55,56)57)28-41(46)42-29-37(54(58,59)60)17-22-47(42)65/h3-30H,1-2H3. The summed E-state index contributed by atoms with van der Waals surface area (Å²) < 4.78 is 89.1. The summed E-state index contributed by atoms with van der Waals surface area (Å²) >= 11 is 0. The van der Waals surface area contributed by atoms with Gasteiger partial charge in [0.05, 0.1) is 44.6 Å². The molecule has 7 aromatic carbocycles. The van der Waals surface area contributed by atoms with Gasteiger partial charge >= 0.3 is 12.4 Å². The highest BCUT2D eigenvalue weighted by Crippen LogP contribution is 2.44. The minimum absolute atomic E-state index is 0.0238. The number of aryl methyl sites for hydroxylation is 2. The first-order chi connectivity index (χ1) is 31.8. The molecule has 0 aliphatic carbocycles. The summed E-state index contributed by atoms with van der Waals surface area (Å²) in [5.74, 6) is 1.38. The van der Waals surface area contributed by atoms with Crippen molar-refractivity contribution in [1.29, 1.82) is 0 Å². The van der Waals surface area contributed by atoms with Crippen molar-refractivity contribution in [3.05, 3.63) is 192 Å². The maximum atomic E-state index is 14.2. The number of benzene rings is 7. The van der Waals surface area contributed by atoms with Gasteiger partial charge in [0.1, 0.15) is 0 Å². The Morgan fingerprint density at radius 2 is 0.833 bits per heavy atom. The maximum Gasteiger partial charge on any atom is 0.416 e. The lowest BCUT2D eigenvalue weighted by atomic mass is 10.00. The van der Waals surface area contributed by atoms with E-state index in [1.807, 2.05) is 92.7 Å². The largest absolute Gasteiger partial charge is 0.416 e. The third-order valence-corrected chi connectivity index (χ3v) is 12.0. The fourth-order valence-electron chi connectivity index (χ4n) is 8.96. The molecule has 0 bridgehead atoms. The number of rotatable bonds is 6. The first kappa shape index (κ1) is 40.6. The summed E-state index contributed by atoms with van der Waals surface area (Å²) in [6, 6.07) is 45.8. The summed E-state index contributed by atoms with van der Waals surface area (Å²) in [6.45, 7) is 4.09. The van der Waals surface area contributed by atoms with Crippen LogP contribution in [-0.2, 0) is 12.4 Å². The van der Waals surface area contributed by atoms with Crippen molar-refractivity contribution in [3.63, 3.8) is 0 Å². The summed E-state index contributed by atoms with van der Waals surface area (Å²) in [4.78, 5) is 19.6. The molecule has 0 N–H and O–H groups in total. The minimum atomic E-state index is -4.73. The zero-order chi connectivity index (χ0) is 45.5. The zero-order valence-electron chi connectivity index (χ0n) is 35.1. The van der Waals surface area contributed by atoms with E-state index in [1.165, 1.54) is 12.1 Å². The molecule has 0 unspecified atom stereocenters. The Hall–Kier alpha value is -8.12. The Bertz CT molecular complexity index is 3520. The molecule has 0 spiro atoms. The topological polar surface area (TPSA) is 61.4 Å². The first-order valence-corrected chi connectivity index (χ1v) is 21.0. The second-order valence-corrected chi connectivity index (χ2v) is 16.3. The average Bonchev–Trinajstić information content (AvgIpc) is 3.82. The fourth-order valence-corrected chi connectivity index (χ4v) is 8.96. The van der Waals surface area contributed by atoms with E-state index in [0.29, 0.717) is 45.5 Å². The predicted molar refractivity (Wildman–Crippen MR) is 248 cm³/mol. The lowest BCUT2D eigenvalue weighted by molar-refractivity contribution is -0.138. The molecule has 11 aromatic rings. The monoisotopic (exact) mass is 880 g/mol. The number of hydrogen-bond acceptors (Lipinski definition) is 4. The molecule has 0 saturated carbocycles. The number of pyridine rings is 1. The van der Waals surface area contributed by atoms with Crippen LogP contribution in [-0.4, -0.2) is 29.1 Å². The van der Waals surface area contributed by atoms with Crippen LogP contribution in [0, 0.1) is 13.8 Å². The van der Waals surface area contributed by atoms with Gasteiger partial charge in [-0.15, -0.1) is 0 Å². The summed E-state index contributed by atoms with van der Waals surface area (Å²) in [5.41, 5.74) is 7.32. The van der Waals surface area contributed by atoms with Crippen molar-refractivity contribution in [2.45, 2.75) is 26.2 Å². The summed E-state index contributed by atoms with van der Waals surface area (Å²) in [5, 5.41) is 2.10. The van der Waals surface area contributed by atoms with Crippen molar-refractivity contribution >= 4 is 43.6 Å². The zero-order valence-corrected chi connectivity index (χ0v) is 35.1. The number of aromatic nitrogens is 6. The van der Waals surface area contributed by atoms with Crippen LogP contribution >= 0.6 is 0 Å². The van der Waals surface area contributed by atoms with Gasteiger partial charge in [-0.05, 0) is 86.6 Å². The number of halogens is 6. The first-order valence-electron chi connectivity index (χ1n) is 21.0. The molecule has 6 nitrogen and oxygen atoms in total. The highest BCUT2D eigenvalue weighted by Gasteiger charge is 2.34. The number of alkyl halides is 6. The molecule has 4 aromatic heterocycles. The molecule has 0 aliphatic heterocycles. The highest BCUT2D eigenvalue weighted by molar-refractivity contribution is 6.12. The van der Waals surface area contributed by atoms with Gasteiger partial charge in [0.25, 0.3) is 0 Å². The van der Waals surface area contributed by atoms with Crippen LogP contribution in [0.2, 0.25) is 0 Å². The van der Waals surface area contributed by atoms with Gasteiger partial charge in [-0.1, -0.05) is 96.1 Å². The van der Waals surface area contributed by atoms with Crippen molar-refractivity contribution in [2.24, 2.45) is 0 Å². The van der Waals surface area contributed by atoms with Gasteiger partial charge in [-0.25, -0.2) is 15.0 Å². The van der Waals surface area contributed by atoms with E-state index in [1.54, 1.807) is 23.0 Å². The minimum Gasteiger partial charge on any atom is -0.309 e. The SMILES string of the molecule is Cc1ccc2c(c1)c1cc(C)ccc1n2-c1cc(-c2nc(-c3ccccc3)nc(-c3ccccc3)n2)ccc1-c1cnccc1-n1c2ccc(C(F)(F)F)cc2c2cc(C(F)(F)F)ccc21. The molecule has 4 heterocycles. The van der Waals surface area contributed by atoms with E-state index in [4.69, 9.17) is 15.0 Å². The molecule has 0 aliphatic rings. The highest BCUT2D eigenvalue weighted by atomic mass is 19.4. The van der Waals surface area contributed by atoms with Crippen molar-refractivity contribution < 1.29 is 26.3 Å². The van der Waals surface area contributed by atoms with E-state index in [-0.39, 0.29) is 21.8 Å². The van der Waals surface area contributed by atoms with Crippen molar-refractivity contribution in [2.75, 3.05) is 0 Å². The number of hydrogen-bond donors (Lipinski definition) is 0. The second-order valence-electron chi connectivity index (χ2n) is 16.3. The fraction of sp³-hybridized carbons (Fsp3) is 0.0741. The van der Waals surface area contributed by atoms with Gasteiger partial charge in [0.15, 0.2) is 17.5 Å². The Balaban J connectivity index is 1.22. The predicted octanol–water partition coefficient (Wildman–Crippen LogP) is 14.8. The maximum absolute atomic E-state index is 14.2. The van der Waals surface area contributed by atoms with Gasteiger partial charge < -0.3 is 9.13 Å². The van der Waals surface area contributed by atoms with Gasteiger partial charge in [0, 0.05) is 61.8 Å². The van der Waals surface area contributed by atoms with Gasteiger partial charge in [-0.2, -0.15) is 26.3 Å². The molecule has 0 amide bonds. The quantitative estimate of drug-likeness (QED) is 0.156. The Labute approximate surface area is 373 Å². The normalized spacial score (nSPS) is 12.2. The Morgan fingerprint density at radius 1 is 0.394 bits per heavy atom. The van der Waals surface area contributed by atoms with Crippen LogP contribution in [0.3, 0.4) is 0 Å². The molecule has 12 heteroatoms. The summed E-state index contributed by atoms with van der Waals surface area (Å²) in [7, 11) is 0. The number of fused-ring (bicyclic) bond motifs is 6. The van der Waals surface area contributed by atoms with E-state index in [0.717, 1.165) is 68.3 Å². The smallest absolute Gasteiger partial charge is 0.309 e. The molecule has 322 valence electrons. The molecule has 11 rings (SSSR count). The Morgan fingerprint density at radius 3 is 1.32 bits per heavy atom. The second kappa shape index (κ2) is 15.3. The van der Waals surface area contributed by atoms with Crippen LogP contribution in [0.5, 0.6) is 0 Å². The molecule has 0 radical (unpaired) electrons. The van der Waals surface area contributed by atoms with Gasteiger partial charge in [0.2, 0.25) is 0 Å². The van der Waals surface area contributed by atoms with Crippen LogP contribution in [0.15, 0.2) is 170 Å². The molecular weight excluding hydrogens is 847 g/mol. The molecule has 66 heavy (non-hydrogen) atoms. The van der Waals surface area contributed by atoms with Crippen LogP contribution in [0.4, 0.5) is 26.3 Å². The third kappa shape index (κ3) is 6.93. The summed E-state index contributed by atoms with van der Waals surface area (Å²) in [6.07, 6.45) is -6.23. The van der Waals surface area contributed by atoms with Crippen LogP contribution in [0.25, 0.3) is 100 Å². The lowest BCUT2D eigenvalue weighted by Gasteiger charge is -2.19. The number of nitrogens with zero attached hydrogens (tertiary/aromatic N) is 6. The van der Waals surface area contributed by atoms with E-state index >= 15 is 0 Å². The molecule has 0 fully saturated rings. The lowest BCUT2D eigenvalue weighted by Crippen LogP contribution is -2.05. The third-order valence-electron chi connectivity index (χ3n) is 12.0. The van der Waals surface area contributed by atoms with Crippen LogP contribution < -0.4 is 0 Å². The van der Waals surface area contributed by atoms with E-state index in [9.17, 15) is 26.3 Å². The molecule has 0 atom stereocenters. The van der Waals surface area contributed by atoms with E-state index < -0.39 is 23.5 Å². The molecule has 0 saturated heterocycles. The van der Waals surface area contributed by atoms with Crippen LogP contribution in [0.1, 0.15) is 22.3 Å². The van der Waals surface area contributed by atoms with Gasteiger partial charge in [-0.3, -0.25) is 4.98 Å². The van der Waals surface area contributed by atoms with Crippen molar-refractivity contribution in [1.82, 2.24) is 29.1 Å². The molecular formula is C54H34F6N6. The van der Waals surface area contributed by atoms with Crippen molar-refractivity contribution in [3.8, 4) is 56.7 Å². The Kier molecular flexibility index (Phi) is 9.40.